The number of rotatable bonds is 7. The van der Waals surface area contributed by atoms with E-state index < -0.39 is 0 Å². The van der Waals surface area contributed by atoms with E-state index in [0.717, 1.165) is 51.4 Å². The van der Waals surface area contributed by atoms with E-state index in [1.54, 1.807) is 12.5 Å². The zero-order chi connectivity index (χ0) is 25.8. The molecule has 5 aromatic rings. The van der Waals surface area contributed by atoms with Crippen LogP contribution in [0.5, 0.6) is 0 Å². The summed E-state index contributed by atoms with van der Waals surface area (Å²) in [7, 11) is 1.97. The summed E-state index contributed by atoms with van der Waals surface area (Å²) in [6.07, 6.45) is 4.32. The predicted molar refractivity (Wildman–Crippen MR) is 148 cm³/mol. The number of pyridine rings is 2. The van der Waals surface area contributed by atoms with Crippen LogP contribution < -0.4 is 4.90 Å². The first-order valence-electron chi connectivity index (χ1n) is 12.3. The maximum Gasteiger partial charge on any atom is 0.183 e. The molecule has 0 N–H and O–H groups in total. The lowest BCUT2D eigenvalue weighted by atomic mass is 10.0. The Bertz CT molecular complexity index is 1570. The molecular weight excluding hydrogens is 458 g/mol. The number of imidazole rings is 1. The molecule has 0 bridgehead atoms. The quantitative estimate of drug-likeness (QED) is 0.259. The van der Waals surface area contributed by atoms with Crippen molar-refractivity contribution in [2.24, 2.45) is 12.0 Å². The highest BCUT2D eigenvalue weighted by molar-refractivity contribution is 6.14. The average Bonchev–Trinajstić information content (AvgIpc) is 3.33. The number of anilines is 2. The van der Waals surface area contributed by atoms with Crippen LogP contribution in [-0.2, 0) is 13.5 Å². The molecule has 0 amide bonds. The molecule has 0 spiro atoms. The number of hydrogen-bond acceptors (Lipinski definition) is 6. The van der Waals surface area contributed by atoms with Crippen molar-refractivity contribution in [3.05, 3.63) is 108 Å². The number of aromatic nitrogens is 4. The Hall–Kier alpha value is -4.83. The Morgan fingerprint density at radius 1 is 0.973 bits per heavy atom. The van der Waals surface area contributed by atoms with Crippen LogP contribution in [0, 0.1) is 11.3 Å². The Morgan fingerprint density at radius 3 is 2.24 bits per heavy atom. The summed E-state index contributed by atoms with van der Waals surface area (Å²) in [6, 6.07) is 26.3. The monoisotopic (exact) mass is 485 g/mol. The molecule has 0 radical (unpaired) electrons. The van der Waals surface area contributed by atoms with Gasteiger partial charge in [0.05, 0.1) is 29.4 Å². The standard InChI is InChI=1S/C30H27N7/c1-4-21-16-24(18-31)32-19-26(21)37(5-2)27-17-25-29(33-20-36(25)3)30(34-27)35-28(22-12-8-6-9-13-22)23-14-10-7-11-15-23/h6-17,19-20H,4-5H2,1-3H3. The first kappa shape index (κ1) is 23.9. The van der Waals surface area contributed by atoms with Crippen molar-refractivity contribution in [1.82, 2.24) is 19.5 Å². The summed E-state index contributed by atoms with van der Waals surface area (Å²) in [4.78, 5) is 21.3. The molecule has 3 heterocycles. The van der Waals surface area contributed by atoms with E-state index in [0.29, 0.717) is 18.1 Å². The van der Waals surface area contributed by atoms with E-state index in [4.69, 9.17) is 9.98 Å². The predicted octanol–water partition coefficient (Wildman–Crippen LogP) is 6.12. The largest absolute Gasteiger partial charge is 0.334 e. The van der Waals surface area contributed by atoms with Gasteiger partial charge in [-0.1, -0.05) is 67.6 Å². The minimum Gasteiger partial charge on any atom is -0.334 e. The molecule has 3 aromatic heterocycles. The molecule has 0 fully saturated rings. The van der Waals surface area contributed by atoms with Gasteiger partial charge in [0.1, 0.15) is 23.1 Å². The second-order valence-corrected chi connectivity index (χ2v) is 8.63. The van der Waals surface area contributed by atoms with Crippen molar-refractivity contribution >= 4 is 34.1 Å². The molecule has 0 saturated heterocycles. The summed E-state index contributed by atoms with van der Waals surface area (Å²) in [5.41, 5.74) is 6.88. The maximum absolute atomic E-state index is 9.33. The zero-order valence-corrected chi connectivity index (χ0v) is 21.1. The average molecular weight is 486 g/mol. The van der Waals surface area contributed by atoms with Crippen LogP contribution in [0.1, 0.15) is 36.2 Å². The second-order valence-electron chi connectivity index (χ2n) is 8.63. The van der Waals surface area contributed by atoms with Gasteiger partial charge in [-0.15, -0.1) is 0 Å². The first-order valence-corrected chi connectivity index (χ1v) is 12.3. The van der Waals surface area contributed by atoms with Gasteiger partial charge in [0.25, 0.3) is 0 Å². The van der Waals surface area contributed by atoms with Crippen LogP contribution in [-0.4, -0.2) is 31.8 Å². The Kier molecular flexibility index (Phi) is 6.73. The summed E-state index contributed by atoms with van der Waals surface area (Å²) in [5.74, 6) is 1.30. The van der Waals surface area contributed by atoms with Crippen LogP contribution in [0.4, 0.5) is 17.3 Å². The van der Waals surface area contributed by atoms with Crippen LogP contribution in [0.25, 0.3) is 11.0 Å². The topological polar surface area (TPSA) is 83.0 Å². The fourth-order valence-electron chi connectivity index (χ4n) is 4.44. The Labute approximate surface area is 216 Å². The Balaban J connectivity index is 1.73. The van der Waals surface area contributed by atoms with Gasteiger partial charge < -0.3 is 9.47 Å². The molecule has 7 nitrogen and oxygen atoms in total. The van der Waals surface area contributed by atoms with Gasteiger partial charge in [-0.3, -0.25) is 0 Å². The zero-order valence-electron chi connectivity index (χ0n) is 21.1. The molecule has 0 unspecified atom stereocenters. The van der Waals surface area contributed by atoms with E-state index >= 15 is 0 Å². The minimum atomic E-state index is 0.410. The highest BCUT2D eigenvalue weighted by atomic mass is 15.2. The molecule has 5 rings (SSSR count). The fraction of sp³-hybridized carbons (Fsp3) is 0.167. The van der Waals surface area contributed by atoms with Gasteiger partial charge in [-0.05, 0) is 25.0 Å². The van der Waals surface area contributed by atoms with Crippen molar-refractivity contribution < 1.29 is 0 Å². The fourth-order valence-corrected chi connectivity index (χ4v) is 4.44. The number of hydrogen-bond donors (Lipinski definition) is 0. The van der Waals surface area contributed by atoms with Crippen LogP contribution in [0.15, 0.2) is 90.3 Å². The number of nitrogens with zero attached hydrogens (tertiary/aromatic N) is 7. The van der Waals surface area contributed by atoms with Gasteiger partial charge in [0.15, 0.2) is 5.82 Å². The molecule has 0 aliphatic carbocycles. The van der Waals surface area contributed by atoms with Crippen molar-refractivity contribution in [3.8, 4) is 6.07 Å². The van der Waals surface area contributed by atoms with E-state index in [1.165, 1.54) is 0 Å². The van der Waals surface area contributed by atoms with Gasteiger partial charge >= 0.3 is 0 Å². The third-order valence-corrected chi connectivity index (χ3v) is 6.34. The van der Waals surface area contributed by atoms with E-state index in [1.807, 2.05) is 60.1 Å². The van der Waals surface area contributed by atoms with Crippen LogP contribution in [0.3, 0.4) is 0 Å². The maximum atomic E-state index is 9.33. The van der Waals surface area contributed by atoms with E-state index in [9.17, 15) is 5.26 Å². The number of aryl methyl sites for hydroxylation is 2. The lowest BCUT2D eigenvalue weighted by Gasteiger charge is -2.25. The molecule has 0 aliphatic rings. The van der Waals surface area contributed by atoms with E-state index in [-0.39, 0.29) is 0 Å². The third-order valence-electron chi connectivity index (χ3n) is 6.34. The SMILES string of the molecule is CCc1cc(C#N)ncc1N(CC)c1cc2c(ncn2C)c(N=C(c2ccccc2)c2ccccc2)n1. The molecule has 0 atom stereocenters. The first-order chi connectivity index (χ1) is 18.1. The molecule has 0 saturated carbocycles. The molecule has 182 valence electrons. The minimum absolute atomic E-state index is 0.410. The van der Waals surface area contributed by atoms with Crippen molar-refractivity contribution in [2.45, 2.75) is 20.3 Å². The van der Waals surface area contributed by atoms with Crippen LogP contribution in [0.2, 0.25) is 0 Å². The normalized spacial score (nSPS) is 10.8. The number of benzene rings is 2. The highest BCUT2D eigenvalue weighted by Gasteiger charge is 2.19. The molecule has 7 heteroatoms. The molecular formula is C30H27N7. The van der Waals surface area contributed by atoms with Gasteiger partial charge in [-0.25, -0.2) is 19.9 Å². The van der Waals surface area contributed by atoms with Gasteiger partial charge in [0.2, 0.25) is 0 Å². The number of fused-ring (bicyclic) bond motifs is 1. The molecule has 0 aliphatic heterocycles. The van der Waals surface area contributed by atoms with Gasteiger partial charge in [0, 0.05) is 30.8 Å². The van der Waals surface area contributed by atoms with Crippen molar-refractivity contribution in [3.63, 3.8) is 0 Å². The molecule has 2 aromatic carbocycles. The summed E-state index contributed by atoms with van der Waals surface area (Å²) in [5, 5.41) is 9.33. The summed E-state index contributed by atoms with van der Waals surface area (Å²) in [6.45, 7) is 4.83. The smallest absolute Gasteiger partial charge is 0.183 e. The number of nitriles is 1. The summed E-state index contributed by atoms with van der Waals surface area (Å²) < 4.78 is 1.98. The van der Waals surface area contributed by atoms with Gasteiger partial charge in [-0.2, -0.15) is 5.26 Å². The lowest BCUT2D eigenvalue weighted by molar-refractivity contribution is 0.939. The van der Waals surface area contributed by atoms with Crippen LogP contribution >= 0.6 is 0 Å². The summed E-state index contributed by atoms with van der Waals surface area (Å²) >= 11 is 0. The second kappa shape index (κ2) is 10.4. The van der Waals surface area contributed by atoms with E-state index in [2.05, 4.69) is 59.1 Å². The lowest BCUT2D eigenvalue weighted by Crippen LogP contribution is -2.19. The molecule has 37 heavy (non-hydrogen) atoms. The number of aliphatic imine (C=N–C) groups is 1. The van der Waals surface area contributed by atoms with Crippen molar-refractivity contribution in [2.75, 3.05) is 11.4 Å². The third kappa shape index (κ3) is 4.69. The Morgan fingerprint density at radius 2 is 1.65 bits per heavy atom. The highest BCUT2D eigenvalue weighted by Crippen LogP contribution is 2.33. The van der Waals surface area contributed by atoms with Crippen molar-refractivity contribution in [1.29, 1.82) is 5.26 Å².